The monoisotopic (exact) mass is 219 g/mol. The van der Waals surface area contributed by atoms with Gasteiger partial charge in [0.2, 0.25) is 0 Å². The molecule has 1 heterocycles. The summed E-state index contributed by atoms with van der Waals surface area (Å²) in [5.74, 6) is 0.518. The van der Waals surface area contributed by atoms with E-state index in [9.17, 15) is 0 Å². The summed E-state index contributed by atoms with van der Waals surface area (Å²) in [6.07, 6.45) is 1.76. The van der Waals surface area contributed by atoms with Crippen LogP contribution in [0.2, 0.25) is 5.02 Å². The zero-order valence-corrected chi connectivity index (χ0v) is 9.97. The molecule has 0 saturated carbocycles. The minimum atomic E-state index is 0.518. The molecule has 78 valence electrons. The number of rotatable bonds is 1. The zero-order valence-electron chi connectivity index (χ0n) is 9.21. The van der Waals surface area contributed by atoms with Crippen LogP contribution in [0.3, 0.4) is 0 Å². The molecule has 0 fully saturated rings. The number of pyridine rings is 1. The second-order valence-electron chi connectivity index (χ2n) is 4.18. The van der Waals surface area contributed by atoms with E-state index >= 15 is 0 Å². The second-order valence-corrected chi connectivity index (χ2v) is 4.59. The standard InChI is InChI=1S/C13H14ClN/c1-8(2)10-6-9(3)13-11(7-10)12(14)4-5-15-13/h4-8H,1-3H3. The molecular weight excluding hydrogens is 206 g/mol. The van der Waals surface area contributed by atoms with E-state index in [4.69, 9.17) is 11.6 Å². The lowest BCUT2D eigenvalue weighted by Gasteiger charge is -2.10. The Kier molecular flexibility index (Phi) is 2.66. The van der Waals surface area contributed by atoms with E-state index in [1.54, 1.807) is 6.20 Å². The minimum Gasteiger partial charge on any atom is -0.256 e. The van der Waals surface area contributed by atoms with Gasteiger partial charge in [-0.15, -0.1) is 0 Å². The fourth-order valence-electron chi connectivity index (χ4n) is 1.76. The molecule has 0 radical (unpaired) electrons. The summed E-state index contributed by atoms with van der Waals surface area (Å²) in [4.78, 5) is 4.36. The van der Waals surface area contributed by atoms with Gasteiger partial charge < -0.3 is 0 Å². The number of aryl methyl sites for hydroxylation is 1. The smallest absolute Gasteiger partial charge is 0.0746 e. The Balaban J connectivity index is 2.80. The van der Waals surface area contributed by atoms with Crippen LogP contribution in [0.15, 0.2) is 24.4 Å². The predicted octanol–water partition coefficient (Wildman–Crippen LogP) is 4.32. The highest BCUT2D eigenvalue weighted by Crippen LogP contribution is 2.28. The summed E-state index contributed by atoms with van der Waals surface area (Å²) in [7, 11) is 0. The Morgan fingerprint density at radius 3 is 2.67 bits per heavy atom. The lowest BCUT2D eigenvalue weighted by Crippen LogP contribution is -1.91. The van der Waals surface area contributed by atoms with Gasteiger partial charge in [0.1, 0.15) is 0 Å². The Bertz CT molecular complexity index is 503. The van der Waals surface area contributed by atoms with Crippen molar-refractivity contribution in [1.29, 1.82) is 0 Å². The first-order valence-corrected chi connectivity index (χ1v) is 5.52. The Morgan fingerprint density at radius 2 is 2.00 bits per heavy atom. The number of hydrogen-bond donors (Lipinski definition) is 0. The fourth-order valence-corrected chi connectivity index (χ4v) is 1.96. The van der Waals surface area contributed by atoms with Crippen molar-refractivity contribution < 1.29 is 0 Å². The highest BCUT2D eigenvalue weighted by atomic mass is 35.5. The number of benzene rings is 1. The first kappa shape index (κ1) is 10.4. The van der Waals surface area contributed by atoms with Crippen molar-refractivity contribution >= 4 is 22.5 Å². The summed E-state index contributed by atoms with van der Waals surface area (Å²) in [6, 6.07) is 6.17. The lowest BCUT2D eigenvalue weighted by atomic mass is 9.98. The predicted molar refractivity (Wildman–Crippen MR) is 65.6 cm³/mol. The Labute approximate surface area is 95.1 Å². The van der Waals surface area contributed by atoms with Crippen LogP contribution in [0.25, 0.3) is 10.9 Å². The third kappa shape index (κ3) is 1.84. The molecule has 1 aromatic carbocycles. The molecule has 0 saturated heterocycles. The molecule has 0 unspecified atom stereocenters. The van der Waals surface area contributed by atoms with Gasteiger partial charge in [0, 0.05) is 11.6 Å². The highest BCUT2D eigenvalue weighted by Gasteiger charge is 2.07. The van der Waals surface area contributed by atoms with Gasteiger partial charge in [-0.3, -0.25) is 4.98 Å². The maximum atomic E-state index is 6.17. The van der Waals surface area contributed by atoms with Crippen LogP contribution in [0.1, 0.15) is 30.9 Å². The average molecular weight is 220 g/mol. The average Bonchev–Trinajstić information content (AvgIpc) is 2.19. The molecule has 0 amide bonds. The summed E-state index contributed by atoms with van der Waals surface area (Å²) >= 11 is 6.17. The molecule has 2 aromatic rings. The summed E-state index contributed by atoms with van der Waals surface area (Å²) in [5, 5.41) is 1.84. The van der Waals surface area contributed by atoms with Crippen LogP contribution in [-0.4, -0.2) is 4.98 Å². The number of halogens is 1. The van der Waals surface area contributed by atoms with E-state index in [0.29, 0.717) is 5.92 Å². The number of nitrogens with zero attached hydrogens (tertiary/aromatic N) is 1. The molecule has 2 rings (SSSR count). The normalized spacial score (nSPS) is 11.3. The maximum absolute atomic E-state index is 6.17. The van der Waals surface area contributed by atoms with Gasteiger partial charge >= 0.3 is 0 Å². The van der Waals surface area contributed by atoms with Crippen molar-refractivity contribution in [3.8, 4) is 0 Å². The van der Waals surface area contributed by atoms with Crippen LogP contribution >= 0.6 is 11.6 Å². The van der Waals surface area contributed by atoms with Gasteiger partial charge in [-0.1, -0.05) is 31.5 Å². The zero-order chi connectivity index (χ0) is 11.0. The molecule has 1 aromatic heterocycles. The van der Waals surface area contributed by atoms with E-state index in [1.165, 1.54) is 11.1 Å². The SMILES string of the molecule is Cc1cc(C(C)C)cc2c(Cl)ccnc12. The van der Waals surface area contributed by atoms with Crippen molar-refractivity contribution in [2.75, 3.05) is 0 Å². The summed E-state index contributed by atoms with van der Waals surface area (Å²) in [6.45, 7) is 6.45. The van der Waals surface area contributed by atoms with Crippen LogP contribution in [0.5, 0.6) is 0 Å². The molecule has 0 atom stereocenters. The van der Waals surface area contributed by atoms with Crippen molar-refractivity contribution in [3.63, 3.8) is 0 Å². The van der Waals surface area contributed by atoms with Gasteiger partial charge in [0.05, 0.1) is 10.5 Å². The molecule has 0 aliphatic heterocycles. The van der Waals surface area contributed by atoms with Crippen LogP contribution in [-0.2, 0) is 0 Å². The fraction of sp³-hybridized carbons (Fsp3) is 0.308. The molecule has 0 aliphatic carbocycles. The van der Waals surface area contributed by atoms with Crippen LogP contribution in [0.4, 0.5) is 0 Å². The quantitative estimate of drug-likeness (QED) is 0.696. The van der Waals surface area contributed by atoms with Crippen molar-refractivity contribution in [3.05, 3.63) is 40.5 Å². The number of hydrogen-bond acceptors (Lipinski definition) is 1. The van der Waals surface area contributed by atoms with E-state index < -0.39 is 0 Å². The molecule has 2 heteroatoms. The summed E-state index contributed by atoms with van der Waals surface area (Å²) < 4.78 is 0. The third-order valence-electron chi connectivity index (χ3n) is 2.67. The first-order valence-electron chi connectivity index (χ1n) is 5.14. The van der Waals surface area contributed by atoms with E-state index in [-0.39, 0.29) is 0 Å². The van der Waals surface area contributed by atoms with E-state index in [2.05, 4.69) is 37.9 Å². The molecule has 1 nitrogen and oxygen atoms in total. The minimum absolute atomic E-state index is 0.518. The van der Waals surface area contributed by atoms with Gasteiger partial charge in [0.15, 0.2) is 0 Å². The molecular formula is C13H14ClN. The van der Waals surface area contributed by atoms with E-state index in [1.807, 2.05) is 6.07 Å². The van der Waals surface area contributed by atoms with E-state index in [0.717, 1.165) is 15.9 Å². The van der Waals surface area contributed by atoms with Crippen LogP contribution in [0, 0.1) is 6.92 Å². The topological polar surface area (TPSA) is 12.9 Å². The van der Waals surface area contributed by atoms with Crippen molar-refractivity contribution in [2.24, 2.45) is 0 Å². The molecule has 0 aliphatic rings. The number of aromatic nitrogens is 1. The number of fused-ring (bicyclic) bond motifs is 1. The molecule has 0 spiro atoms. The van der Waals surface area contributed by atoms with Crippen molar-refractivity contribution in [1.82, 2.24) is 4.98 Å². The van der Waals surface area contributed by atoms with Gasteiger partial charge in [-0.25, -0.2) is 0 Å². The van der Waals surface area contributed by atoms with Gasteiger partial charge in [-0.05, 0) is 36.1 Å². The highest BCUT2D eigenvalue weighted by molar-refractivity contribution is 6.35. The second kappa shape index (κ2) is 3.82. The largest absolute Gasteiger partial charge is 0.256 e. The third-order valence-corrected chi connectivity index (χ3v) is 3.00. The molecule has 0 N–H and O–H groups in total. The lowest BCUT2D eigenvalue weighted by molar-refractivity contribution is 0.867. The molecule has 15 heavy (non-hydrogen) atoms. The molecule has 0 bridgehead atoms. The van der Waals surface area contributed by atoms with Crippen LogP contribution < -0.4 is 0 Å². The van der Waals surface area contributed by atoms with Crippen molar-refractivity contribution in [2.45, 2.75) is 26.7 Å². The first-order chi connectivity index (χ1) is 7.09. The summed E-state index contributed by atoms with van der Waals surface area (Å²) in [5.41, 5.74) is 3.51. The maximum Gasteiger partial charge on any atom is 0.0746 e. The Hall–Kier alpha value is -1.08. The Morgan fingerprint density at radius 1 is 1.27 bits per heavy atom. The van der Waals surface area contributed by atoms with Gasteiger partial charge in [-0.2, -0.15) is 0 Å². The van der Waals surface area contributed by atoms with Gasteiger partial charge in [0.25, 0.3) is 0 Å².